The largest absolute Gasteiger partial charge is 0.481 e. The Morgan fingerprint density at radius 1 is 1.69 bits per heavy atom. The second kappa shape index (κ2) is 3.60. The Morgan fingerprint density at radius 2 is 2.31 bits per heavy atom. The Morgan fingerprint density at radius 3 is 2.77 bits per heavy atom. The number of carbonyl (C=O) groups excluding carboxylic acids is 1. The van der Waals surface area contributed by atoms with E-state index in [-0.39, 0.29) is 5.57 Å². The van der Waals surface area contributed by atoms with Crippen molar-refractivity contribution in [2.45, 2.75) is 25.9 Å². The molecule has 1 fully saturated rings. The number of rotatable bonds is 3. The molecule has 4 nitrogen and oxygen atoms in total. The zero-order chi connectivity index (χ0) is 10.0. The van der Waals surface area contributed by atoms with Crippen LogP contribution in [0.5, 0.6) is 0 Å². The quantitative estimate of drug-likeness (QED) is 0.524. The van der Waals surface area contributed by atoms with Crippen LogP contribution in [0.4, 0.5) is 0 Å². The van der Waals surface area contributed by atoms with Crippen LogP contribution >= 0.6 is 0 Å². The average Bonchev–Trinajstić information content (AvgIpc) is 2.28. The molecule has 0 aliphatic carbocycles. The fourth-order valence-corrected chi connectivity index (χ4v) is 1.45. The van der Waals surface area contributed by atoms with Gasteiger partial charge in [0.25, 0.3) is 0 Å². The van der Waals surface area contributed by atoms with Crippen molar-refractivity contribution in [3.05, 3.63) is 12.2 Å². The summed E-state index contributed by atoms with van der Waals surface area (Å²) in [5.41, 5.74) is 0.0611. The third-order valence-corrected chi connectivity index (χ3v) is 2.11. The molecule has 72 valence electrons. The number of carbonyl (C=O) groups is 2. The van der Waals surface area contributed by atoms with Gasteiger partial charge in [0.2, 0.25) is 0 Å². The monoisotopic (exact) mass is 184 g/mol. The van der Waals surface area contributed by atoms with Gasteiger partial charge in [0.1, 0.15) is 12.0 Å². The lowest BCUT2D eigenvalue weighted by Gasteiger charge is -2.11. The molecular weight excluding hydrogens is 172 g/mol. The first-order valence-corrected chi connectivity index (χ1v) is 4.20. The normalized spacial score (nSPS) is 27.5. The second-order valence-electron chi connectivity index (χ2n) is 3.07. The number of aliphatic carboxylic acids is 1. The van der Waals surface area contributed by atoms with Gasteiger partial charge in [-0.05, 0) is 6.42 Å². The maximum absolute atomic E-state index is 11.0. The van der Waals surface area contributed by atoms with Gasteiger partial charge in [-0.15, -0.1) is 0 Å². The number of hydrogen-bond acceptors (Lipinski definition) is 3. The van der Waals surface area contributed by atoms with Crippen molar-refractivity contribution >= 4 is 11.9 Å². The molecule has 1 saturated heterocycles. The van der Waals surface area contributed by atoms with Crippen LogP contribution in [0.3, 0.4) is 0 Å². The van der Waals surface area contributed by atoms with Crippen LogP contribution < -0.4 is 0 Å². The van der Waals surface area contributed by atoms with Crippen LogP contribution in [0.2, 0.25) is 0 Å². The molecule has 1 rings (SSSR count). The summed E-state index contributed by atoms with van der Waals surface area (Å²) in [6.07, 6.45) is 0.832. The molecule has 1 heterocycles. The van der Waals surface area contributed by atoms with E-state index < -0.39 is 24.0 Å². The summed E-state index contributed by atoms with van der Waals surface area (Å²) in [5.74, 6) is -2.47. The molecule has 0 radical (unpaired) electrons. The Kier molecular flexibility index (Phi) is 2.70. The topological polar surface area (TPSA) is 63.6 Å². The fourth-order valence-electron chi connectivity index (χ4n) is 1.45. The first-order chi connectivity index (χ1) is 6.07. The molecule has 1 aliphatic heterocycles. The predicted molar refractivity (Wildman–Crippen MR) is 45.1 cm³/mol. The minimum absolute atomic E-state index is 0.0611. The first-order valence-electron chi connectivity index (χ1n) is 4.20. The summed E-state index contributed by atoms with van der Waals surface area (Å²) in [6, 6.07) is 0. The number of hydrogen-bond donors (Lipinski definition) is 1. The van der Waals surface area contributed by atoms with E-state index >= 15 is 0 Å². The van der Waals surface area contributed by atoms with Crippen molar-refractivity contribution < 1.29 is 19.4 Å². The maximum Gasteiger partial charge on any atom is 0.334 e. The Balaban J connectivity index is 2.80. The van der Waals surface area contributed by atoms with E-state index in [9.17, 15) is 9.59 Å². The van der Waals surface area contributed by atoms with Crippen LogP contribution in [-0.2, 0) is 14.3 Å². The zero-order valence-electron chi connectivity index (χ0n) is 7.45. The van der Waals surface area contributed by atoms with Crippen molar-refractivity contribution in [3.63, 3.8) is 0 Å². The number of carboxylic acids is 1. The van der Waals surface area contributed by atoms with Gasteiger partial charge in [0.05, 0.1) is 0 Å². The average molecular weight is 184 g/mol. The van der Waals surface area contributed by atoms with Gasteiger partial charge in [-0.25, -0.2) is 4.79 Å². The van der Waals surface area contributed by atoms with Gasteiger partial charge in [-0.2, -0.15) is 0 Å². The molecule has 13 heavy (non-hydrogen) atoms. The molecule has 0 amide bonds. The van der Waals surface area contributed by atoms with Gasteiger partial charge < -0.3 is 9.84 Å². The van der Waals surface area contributed by atoms with Gasteiger partial charge in [0.15, 0.2) is 0 Å². The summed E-state index contributed by atoms with van der Waals surface area (Å²) in [4.78, 5) is 21.7. The minimum atomic E-state index is -1.03. The Labute approximate surface area is 76.2 Å². The number of carboxylic acid groups (broad SMARTS) is 1. The maximum atomic E-state index is 11.0. The summed E-state index contributed by atoms with van der Waals surface area (Å²) < 4.78 is 4.87. The number of ether oxygens (including phenoxy) is 1. The summed E-state index contributed by atoms with van der Waals surface area (Å²) >= 11 is 0. The molecule has 1 N–H and O–H groups in total. The van der Waals surface area contributed by atoms with Crippen molar-refractivity contribution in [3.8, 4) is 0 Å². The molecule has 1 aliphatic rings. The van der Waals surface area contributed by atoms with Crippen LogP contribution in [0.25, 0.3) is 0 Å². The van der Waals surface area contributed by atoms with Gasteiger partial charge in [0, 0.05) is 5.57 Å². The van der Waals surface area contributed by atoms with Crippen molar-refractivity contribution in [2.75, 3.05) is 0 Å². The number of esters is 1. The summed E-state index contributed by atoms with van der Waals surface area (Å²) in [5, 5.41) is 8.81. The fraction of sp³-hybridized carbons (Fsp3) is 0.556. The highest BCUT2D eigenvalue weighted by molar-refractivity contribution is 5.97. The predicted octanol–water partition coefficient (Wildman–Crippen LogP) is 0.969. The highest BCUT2D eigenvalue weighted by atomic mass is 16.6. The zero-order valence-corrected chi connectivity index (χ0v) is 7.45. The Hall–Kier alpha value is -1.32. The second-order valence-corrected chi connectivity index (χ2v) is 3.07. The van der Waals surface area contributed by atoms with E-state index in [1.807, 2.05) is 6.92 Å². The molecular formula is C9H12O4. The van der Waals surface area contributed by atoms with Gasteiger partial charge in [-0.1, -0.05) is 19.9 Å². The standard InChI is InChI=1S/C9H12O4/c1-3-4-6-7(8(10)11)5(2)9(12)13-6/h6-7H,2-4H2,1H3,(H,10,11)/t6-,7?/m1/s1. The smallest absolute Gasteiger partial charge is 0.334 e. The van der Waals surface area contributed by atoms with Crippen molar-refractivity contribution in [2.24, 2.45) is 5.92 Å². The molecule has 2 atom stereocenters. The van der Waals surface area contributed by atoms with E-state index in [0.29, 0.717) is 6.42 Å². The minimum Gasteiger partial charge on any atom is -0.481 e. The third-order valence-electron chi connectivity index (χ3n) is 2.11. The SMILES string of the molecule is C=C1C(=O)O[C@H](CCC)C1C(=O)O. The molecule has 4 heteroatoms. The number of cyclic esters (lactones) is 1. The molecule has 0 aromatic carbocycles. The highest BCUT2D eigenvalue weighted by Gasteiger charge is 2.42. The van der Waals surface area contributed by atoms with Crippen LogP contribution in [-0.4, -0.2) is 23.1 Å². The lowest BCUT2D eigenvalue weighted by atomic mass is 9.95. The van der Waals surface area contributed by atoms with E-state index in [2.05, 4.69) is 6.58 Å². The molecule has 0 spiro atoms. The van der Waals surface area contributed by atoms with Crippen molar-refractivity contribution in [1.82, 2.24) is 0 Å². The summed E-state index contributed by atoms with van der Waals surface area (Å²) in [7, 11) is 0. The third kappa shape index (κ3) is 1.71. The van der Waals surface area contributed by atoms with Crippen LogP contribution in [0.15, 0.2) is 12.2 Å². The van der Waals surface area contributed by atoms with E-state index in [1.54, 1.807) is 0 Å². The lowest BCUT2D eigenvalue weighted by Crippen LogP contribution is -2.24. The van der Waals surface area contributed by atoms with Crippen molar-refractivity contribution in [1.29, 1.82) is 0 Å². The van der Waals surface area contributed by atoms with Crippen LogP contribution in [0.1, 0.15) is 19.8 Å². The Bertz CT molecular complexity index is 256. The molecule has 0 aromatic heterocycles. The molecule has 0 saturated carbocycles. The highest BCUT2D eigenvalue weighted by Crippen LogP contribution is 2.29. The molecule has 0 aromatic rings. The molecule has 1 unspecified atom stereocenters. The van der Waals surface area contributed by atoms with Crippen LogP contribution in [0, 0.1) is 5.92 Å². The van der Waals surface area contributed by atoms with Gasteiger partial charge in [-0.3, -0.25) is 4.79 Å². The van der Waals surface area contributed by atoms with E-state index in [4.69, 9.17) is 9.84 Å². The van der Waals surface area contributed by atoms with Gasteiger partial charge >= 0.3 is 11.9 Å². The lowest BCUT2D eigenvalue weighted by molar-refractivity contribution is -0.144. The summed E-state index contributed by atoms with van der Waals surface area (Å²) in [6.45, 7) is 5.33. The van der Waals surface area contributed by atoms with E-state index in [1.165, 1.54) is 0 Å². The molecule has 0 bridgehead atoms. The first kappa shape index (κ1) is 9.77. The van der Waals surface area contributed by atoms with E-state index in [0.717, 1.165) is 6.42 Å².